The van der Waals surface area contributed by atoms with Gasteiger partial charge in [-0.05, 0) is 85.9 Å². The second kappa shape index (κ2) is 8.28. The number of carbonyl (C=O) groups is 1. The number of aryl methyl sites for hydroxylation is 1. The number of likely N-dealkylation sites (tertiary alicyclic amines) is 1. The summed E-state index contributed by atoms with van der Waals surface area (Å²) in [5.74, 6) is 2.51. The summed E-state index contributed by atoms with van der Waals surface area (Å²) in [6.07, 6.45) is 5.71. The maximum absolute atomic E-state index is 11.3. The maximum Gasteiger partial charge on any atom is 0.335 e. The Labute approximate surface area is 189 Å². The lowest BCUT2D eigenvalue weighted by molar-refractivity contribution is 0.0696. The van der Waals surface area contributed by atoms with Crippen LogP contribution in [0.2, 0.25) is 0 Å². The fraction of sp³-hybridized carbons (Fsp3) is 0.444. The molecule has 2 aromatic carbocycles. The monoisotopic (exact) mass is 432 g/mol. The van der Waals surface area contributed by atoms with Crippen molar-refractivity contribution in [2.45, 2.75) is 45.7 Å². The number of aromatic carboxylic acids is 1. The summed E-state index contributed by atoms with van der Waals surface area (Å²) < 4.78 is 5.81. The van der Waals surface area contributed by atoms with Crippen molar-refractivity contribution in [3.8, 4) is 5.75 Å². The molecular formula is C27H32N2O3. The molecule has 1 saturated heterocycles. The predicted molar refractivity (Wildman–Crippen MR) is 126 cm³/mol. The van der Waals surface area contributed by atoms with Gasteiger partial charge in [0.05, 0.1) is 12.7 Å². The van der Waals surface area contributed by atoms with Crippen molar-refractivity contribution >= 4 is 16.9 Å². The molecule has 2 fully saturated rings. The number of aromatic amines is 1. The lowest BCUT2D eigenvalue weighted by Crippen LogP contribution is -2.37. The lowest BCUT2D eigenvalue weighted by Gasteiger charge is -2.40. The zero-order chi connectivity index (χ0) is 22.4. The second-order valence-corrected chi connectivity index (χ2v) is 9.72. The molecule has 2 aliphatic rings. The fourth-order valence-electron chi connectivity index (χ4n) is 5.81. The molecule has 1 aliphatic heterocycles. The molecule has 4 atom stereocenters. The number of carboxylic acid groups (broad SMARTS) is 1. The van der Waals surface area contributed by atoms with E-state index in [1.165, 1.54) is 40.4 Å². The Morgan fingerprint density at radius 2 is 1.97 bits per heavy atom. The minimum Gasteiger partial charge on any atom is -0.496 e. The molecule has 5 heteroatoms. The van der Waals surface area contributed by atoms with Gasteiger partial charge in [0.2, 0.25) is 0 Å². The molecule has 0 spiro atoms. The molecule has 32 heavy (non-hydrogen) atoms. The molecule has 2 N–H and O–H groups in total. The Kier molecular flexibility index (Phi) is 5.46. The van der Waals surface area contributed by atoms with Crippen LogP contribution in [0.5, 0.6) is 5.75 Å². The van der Waals surface area contributed by atoms with Gasteiger partial charge in [-0.25, -0.2) is 4.79 Å². The number of aromatic nitrogens is 1. The average molecular weight is 433 g/mol. The highest BCUT2D eigenvalue weighted by atomic mass is 16.5. The van der Waals surface area contributed by atoms with Crippen molar-refractivity contribution in [2.24, 2.45) is 17.8 Å². The van der Waals surface area contributed by atoms with Crippen molar-refractivity contribution in [1.29, 1.82) is 0 Å². The van der Waals surface area contributed by atoms with Gasteiger partial charge in [0.15, 0.2) is 0 Å². The van der Waals surface area contributed by atoms with Crippen LogP contribution in [0.25, 0.3) is 10.9 Å². The molecule has 1 aliphatic carbocycles. The number of nitrogens with zero attached hydrogens (tertiary/aromatic N) is 1. The molecule has 5 rings (SSSR count). The van der Waals surface area contributed by atoms with Crippen molar-refractivity contribution in [1.82, 2.24) is 9.88 Å². The first kappa shape index (κ1) is 21.1. The number of fused-ring (bicyclic) bond motifs is 1. The normalized spacial score (nSPS) is 25.7. The van der Waals surface area contributed by atoms with E-state index < -0.39 is 5.97 Å². The first-order valence-corrected chi connectivity index (χ1v) is 11.7. The molecule has 2 unspecified atom stereocenters. The summed E-state index contributed by atoms with van der Waals surface area (Å²) in [5, 5.41) is 10.5. The Morgan fingerprint density at radius 3 is 2.62 bits per heavy atom. The number of carboxylic acids is 1. The van der Waals surface area contributed by atoms with E-state index in [4.69, 9.17) is 4.74 Å². The largest absolute Gasteiger partial charge is 0.496 e. The highest BCUT2D eigenvalue weighted by molar-refractivity contribution is 5.88. The molecule has 5 nitrogen and oxygen atoms in total. The molecule has 168 valence electrons. The number of H-pyrrole nitrogens is 1. The van der Waals surface area contributed by atoms with E-state index in [-0.39, 0.29) is 6.04 Å². The zero-order valence-electron chi connectivity index (χ0n) is 19.1. The number of piperidine rings is 1. The minimum atomic E-state index is -0.874. The maximum atomic E-state index is 11.3. The predicted octanol–water partition coefficient (Wildman–Crippen LogP) is 5.79. The molecule has 0 radical (unpaired) electrons. The second-order valence-electron chi connectivity index (χ2n) is 9.72. The third-order valence-corrected chi connectivity index (χ3v) is 7.77. The summed E-state index contributed by atoms with van der Waals surface area (Å²) in [5.41, 5.74) is 5.14. The summed E-state index contributed by atoms with van der Waals surface area (Å²) in [4.78, 5) is 17.3. The van der Waals surface area contributed by atoms with E-state index in [9.17, 15) is 9.90 Å². The van der Waals surface area contributed by atoms with Crippen LogP contribution < -0.4 is 4.74 Å². The van der Waals surface area contributed by atoms with E-state index in [0.29, 0.717) is 5.56 Å². The van der Waals surface area contributed by atoms with E-state index in [1.54, 1.807) is 19.2 Å². The summed E-state index contributed by atoms with van der Waals surface area (Å²) in [7, 11) is 1.75. The van der Waals surface area contributed by atoms with Crippen LogP contribution in [0.4, 0.5) is 0 Å². The average Bonchev–Trinajstić information content (AvgIpc) is 3.31. The van der Waals surface area contributed by atoms with Crippen molar-refractivity contribution < 1.29 is 14.6 Å². The van der Waals surface area contributed by atoms with Crippen molar-refractivity contribution in [3.05, 3.63) is 64.8 Å². The summed E-state index contributed by atoms with van der Waals surface area (Å²) >= 11 is 0. The SMILES string of the molecule is COc1cc(C)c2[nH]ccc2c1CN1CC[C@@H](C2CC2C)C[C@H]1c1ccc(C(=O)O)cc1. The van der Waals surface area contributed by atoms with Crippen LogP contribution in [0.1, 0.15) is 59.3 Å². The topological polar surface area (TPSA) is 65.6 Å². The van der Waals surface area contributed by atoms with Gasteiger partial charge >= 0.3 is 5.97 Å². The van der Waals surface area contributed by atoms with Crippen LogP contribution in [-0.2, 0) is 6.54 Å². The van der Waals surface area contributed by atoms with Crippen LogP contribution in [0.15, 0.2) is 42.6 Å². The Balaban J connectivity index is 1.49. The van der Waals surface area contributed by atoms with Crippen molar-refractivity contribution in [2.75, 3.05) is 13.7 Å². The number of hydrogen-bond donors (Lipinski definition) is 2. The smallest absolute Gasteiger partial charge is 0.335 e. The molecule has 1 aromatic heterocycles. The van der Waals surface area contributed by atoms with E-state index in [1.807, 2.05) is 18.3 Å². The third kappa shape index (κ3) is 3.79. The van der Waals surface area contributed by atoms with Gasteiger partial charge in [-0.15, -0.1) is 0 Å². The van der Waals surface area contributed by atoms with E-state index >= 15 is 0 Å². The summed E-state index contributed by atoms with van der Waals surface area (Å²) in [6.45, 7) is 6.34. The summed E-state index contributed by atoms with van der Waals surface area (Å²) in [6, 6.07) is 12.1. The highest BCUT2D eigenvalue weighted by Crippen LogP contribution is 2.51. The van der Waals surface area contributed by atoms with Gasteiger partial charge in [-0.2, -0.15) is 0 Å². The minimum absolute atomic E-state index is 0.282. The molecule has 1 saturated carbocycles. The van der Waals surface area contributed by atoms with Crippen LogP contribution in [0.3, 0.4) is 0 Å². The van der Waals surface area contributed by atoms with E-state index in [0.717, 1.165) is 43.0 Å². The Bertz CT molecular complexity index is 1130. The zero-order valence-corrected chi connectivity index (χ0v) is 19.1. The first-order chi connectivity index (χ1) is 15.5. The van der Waals surface area contributed by atoms with Crippen LogP contribution in [0, 0.1) is 24.7 Å². The van der Waals surface area contributed by atoms with Gasteiger partial charge in [0.1, 0.15) is 5.75 Å². The molecule has 0 bridgehead atoms. The number of ether oxygens (including phenoxy) is 1. The van der Waals surface area contributed by atoms with Gasteiger partial charge < -0.3 is 14.8 Å². The number of hydrogen-bond acceptors (Lipinski definition) is 3. The molecule has 3 aromatic rings. The van der Waals surface area contributed by atoms with Gasteiger partial charge in [0, 0.05) is 35.2 Å². The Morgan fingerprint density at radius 1 is 1.22 bits per heavy atom. The van der Waals surface area contributed by atoms with Crippen molar-refractivity contribution in [3.63, 3.8) is 0 Å². The number of rotatable bonds is 6. The fourth-order valence-corrected chi connectivity index (χ4v) is 5.81. The first-order valence-electron chi connectivity index (χ1n) is 11.7. The van der Waals surface area contributed by atoms with Crippen LogP contribution in [-0.4, -0.2) is 34.6 Å². The molecule has 2 heterocycles. The van der Waals surface area contributed by atoms with Gasteiger partial charge in [0.25, 0.3) is 0 Å². The quantitative estimate of drug-likeness (QED) is 0.517. The third-order valence-electron chi connectivity index (χ3n) is 7.77. The van der Waals surface area contributed by atoms with Gasteiger partial charge in [-0.3, -0.25) is 4.90 Å². The molecule has 0 amide bonds. The van der Waals surface area contributed by atoms with Crippen LogP contribution >= 0.6 is 0 Å². The molecular weight excluding hydrogens is 400 g/mol. The number of methoxy groups -OCH3 is 1. The van der Waals surface area contributed by atoms with E-state index in [2.05, 4.69) is 35.9 Å². The van der Waals surface area contributed by atoms with Gasteiger partial charge in [-0.1, -0.05) is 19.1 Å². The Hall–Kier alpha value is -2.79. The highest BCUT2D eigenvalue weighted by Gasteiger charge is 2.43. The number of benzene rings is 2. The lowest BCUT2D eigenvalue weighted by atomic mass is 9.83. The number of nitrogens with one attached hydrogen (secondary N) is 1. The standard InChI is InChI=1S/C27H32N2O3/c1-16-12-22(16)20-9-11-29(24(14-20)18-4-6-19(7-5-18)27(30)31)15-23-21-8-10-28-26(21)17(2)13-25(23)32-3/h4-8,10,13,16,20,22,24,28H,9,11-12,14-15H2,1-3H3,(H,30,31)/t16?,20-,22?,24+/m1/s1.